The van der Waals surface area contributed by atoms with Gasteiger partial charge in [0.15, 0.2) is 29.2 Å². The summed E-state index contributed by atoms with van der Waals surface area (Å²) in [4.78, 5) is 12.4. The number of hydrogen-bond acceptors (Lipinski definition) is 4. The number of carbonyl (C=O) groups excluding carboxylic acids is 1. The molecule has 0 saturated heterocycles. The number of rotatable bonds is 5. The summed E-state index contributed by atoms with van der Waals surface area (Å²) in [6.07, 6.45) is -0.389. The van der Waals surface area contributed by atoms with Gasteiger partial charge in [-0.1, -0.05) is 19.1 Å². The first-order valence-electron chi connectivity index (χ1n) is 7.79. The van der Waals surface area contributed by atoms with Crippen molar-refractivity contribution in [2.24, 2.45) is 0 Å². The number of benzene rings is 2. The van der Waals surface area contributed by atoms with Crippen LogP contribution in [0, 0.1) is 5.82 Å². The molecule has 0 fully saturated rings. The fourth-order valence-electron chi connectivity index (χ4n) is 2.36. The summed E-state index contributed by atoms with van der Waals surface area (Å²) < 4.78 is 30.1. The Balaban J connectivity index is 1.69. The van der Waals surface area contributed by atoms with E-state index in [2.05, 4.69) is 5.32 Å². The van der Waals surface area contributed by atoms with Crippen molar-refractivity contribution >= 4 is 11.6 Å². The summed E-state index contributed by atoms with van der Waals surface area (Å²) in [6, 6.07) is 11.2. The molecule has 1 N–H and O–H groups in total. The van der Waals surface area contributed by atoms with Gasteiger partial charge >= 0.3 is 0 Å². The third kappa shape index (κ3) is 3.59. The molecule has 24 heavy (non-hydrogen) atoms. The number of fused-ring (bicyclic) bond motifs is 1. The Bertz CT molecular complexity index is 735. The van der Waals surface area contributed by atoms with Gasteiger partial charge in [0, 0.05) is 11.8 Å². The van der Waals surface area contributed by atoms with E-state index in [1.807, 2.05) is 0 Å². The van der Waals surface area contributed by atoms with E-state index in [1.165, 1.54) is 12.1 Å². The standard InChI is InChI=1S/C18H18FNO4/c1-2-14(24-15-6-4-3-5-13(15)19)18(21)20-12-7-8-16-17(11-12)23-10-9-22-16/h3-8,11,14H,2,9-10H2,1H3,(H,20,21). The molecule has 1 atom stereocenters. The lowest BCUT2D eigenvalue weighted by Gasteiger charge is -2.20. The molecule has 1 aliphatic heterocycles. The zero-order valence-corrected chi connectivity index (χ0v) is 13.3. The second-order valence-electron chi connectivity index (χ2n) is 5.29. The van der Waals surface area contributed by atoms with Crippen molar-refractivity contribution in [1.82, 2.24) is 0 Å². The number of carbonyl (C=O) groups is 1. The van der Waals surface area contributed by atoms with Crippen molar-refractivity contribution in [3.8, 4) is 17.2 Å². The van der Waals surface area contributed by atoms with Crippen LogP contribution in [0.25, 0.3) is 0 Å². The second-order valence-corrected chi connectivity index (χ2v) is 5.29. The van der Waals surface area contributed by atoms with E-state index >= 15 is 0 Å². The molecular formula is C18H18FNO4. The van der Waals surface area contributed by atoms with E-state index in [-0.39, 0.29) is 11.7 Å². The maximum atomic E-state index is 13.7. The minimum Gasteiger partial charge on any atom is -0.486 e. The van der Waals surface area contributed by atoms with Crippen LogP contribution in [0.3, 0.4) is 0 Å². The lowest BCUT2D eigenvalue weighted by Crippen LogP contribution is -2.32. The lowest BCUT2D eigenvalue weighted by atomic mass is 10.2. The summed E-state index contributed by atoms with van der Waals surface area (Å²) in [5.41, 5.74) is 0.569. The van der Waals surface area contributed by atoms with Gasteiger partial charge in [0.2, 0.25) is 0 Å². The average Bonchev–Trinajstić information content (AvgIpc) is 2.61. The summed E-state index contributed by atoms with van der Waals surface area (Å²) in [7, 11) is 0. The van der Waals surface area contributed by atoms with Crippen LogP contribution in [-0.2, 0) is 4.79 Å². The SMILES string of the molecule is CCC(Oc1ccccc1F)C(=O)Nc1ccc2c(c1)OCCO2. The summed E-state index contributed by atoms with van der Waals surface area (Å²) in [6.45, 7) is 2.78. The van der Waals surface area contributed by atoms with E-state index < -0.39 is 11.9 Å². The Morgan fingerprint density at radius 2 is 1.96 bits per heavy atom. The zero-order valence-electron chi connectivity index (χ0n) is 13.3. The number of anilines is 1. The predicted molar refractivity (Wildman–Crippen MR) is 87.2 cm³/mol. The number of nitrogens with one attached hydrogen (secondary N) is 1. The monoisotopic (exact) mass is 331 g/mol. The molecule has 6 heteroatoms. The Kier molecular flexibility index (Phi) is 4.84. The second kappa shape index (κ2) is 7.21. The number of hydrogen-bond donors (Lipinski definition) is 1. The first-order chi connectivity index (χ1) is 11.7. The number of halogens is 1. The van der Waals surface area contributed by atoms with Crippen molar-refractivity contribution in [3.63, 3.8) is 0 Å². The lowest BCUT2D eigenvalue weighted by molar-refractivity contribution is -0.122. The minimum atomic E-state index is -0.796. The maximum absolute atomic E-state index is 13.7. The molecule has 2 aromatic rings. The minimum absolute atomic E-state index is 0.0571. The number of ether oxygens (including phenoxy) is 3. The van der Waals surface area contributed by atoms with E-state index in [4.69, 9.17) is 14.2 Å². The van der Waals surface area contributed by atoms with Crippen molar-refractivity contribution in [3.05, 3.63) is 48.3 Å². The molecule has 2 aromatic carbocycles. The molecular weight excluding hydrogens is 313 g/mol. The predicted octanol–water partition coefficient (Wildman–Crippen LogP) is 3.39. The molecule has 0 bridgehead atoms. The van der Waals surface area contributed by atoms with Crippen LogP contribution in [0.2, 0.25) is 0 Å². The fourth-order valence-corrected chi connectivity index (χ4v) is 2.36. The van der Waals surface area contributed by atoms with Crippen molar-refractivity contribution in [2.75, 3.05) is 18.5 Å². The number of para-hydroxylation sites is 1. The van der Waals surface area contributed by atoms with Crippen LogP contribution in [0.1, 0.15) is 13.3 Å². The molecule has 5 nitrogen and oxygen atoms in total. The number of amides is 1. The fraction of sp³-hybridized carbons (Fsp3) is 0.278. The smallest absolute Gasteiger partial charge is 0.265 e. The van der Waals surface area contributed by atoms with Crippen LogP contribution in [0.15, 0.2) is 42.5 Å². The first kappa shape index (κ1) is 16.1. The Labute approximate surface area is 139 Å². The van der Waals surface area contributed by atoms with Gasteiger partial charge in [-0.25, -0.2) is 4.39 Å². The van der Waals surface area contributed by atoms with Crippen molar-refractivity contribution in [2.45, 2.75) is 19.4 Å². The van der Waals surface area contributed by atoms with Gasteiger partial charge in [-0.2, -0.15) is 0 Å². The van der Waals surface area contributed by atoms with Crippen LogP contribution < -0.4 is 19.5 Å². The highest BCUT2D eigenvalue weighted by atomic mass is 19.1. The van der Waals surface area contributed by atoms with Gasteiger partial charge in [0.05, 0.1) is 0 Å². The molecule has 0 radical (unpaired) electrons. The normalized spacial score (nSPS) is 13.9. The molecule has 1 amide bonds. The average molecular weight is 331 g/mol. The highest BCUT2D eigenvalue weighted by Gasteiger charge is 2.21. The summed E-state index contributed by atoms with van der Waals surface area (Å²) in [5, 5.41) is 2.76. The van der Waals surface area contributed by atoms with E-state index in [0.717, 1.165) is 0 Å². The van der Waals surface area contributed by atoms with E-state index in [1.54, 1.807) is 37.3 Å². The van der Waals surface area contributed by atoms with Gasteiger partial charge in [0.25, 0.3) is 5.91 Å². The van der Waals surface area contributed by atoms with Gasteiger partial charge < -0.3 is 19.5 Å². The Morgan fingerprint density at radius 3 is 2.71 bits per heavy atom. The third-order valence-electron chi connectivity index (χ3n) is 3.58. The molecule has 0 spiro atoms. The topological polar surface area (TPSA) is 56.8 Å². The highest BCUT2D eigenvalue weighted by molar-refractivity contribution is 5.94. The van der Waals surface area contributed by atoms with Crippen LogP contribution in [0.4, 0.5) is 10.1 Å². The summed E-state index contributed by atoms with van der Waals surface area (Å²) in [5.74, 6) is 0.443. The van der Waals surface area contributed by atoms with E-state index in [9.17, 15) is 9.18 Å². The molecule has 126 valence electrons. The van der Waals surface area contributed by atoms with Crippen LogP contribution in [0.5, 0.6) is 17.2 Å². The summed E-state index contributed by atoms with van der Waals surface area (Å²) >= 11 is 0. The third-order valence-corrected chi connectivity index (χ3v) is 3.58. The quantitative estimate of drug-likeness (QED) is 0.912. The van der Waals surface area contributed by atoms with Gasteiger partial charge in [-0.05, 0) is 30.7 Å². The molecule has 1 heterocycles. The zero-order chi connectivity index (χ0) is 16.9. The Hall–Kier alpha value is -2.76. The van der Waals surface area contributed by atoms with Crippen molar-refractivity contribution < 1.29 is 23.4 Å². The van der Waals surface area contributed by atoms with Gasteiger partial charge in [-0.15, -0.1) is 0 Å². The van der Waals surface area contributed by atoms with Crippen molar-refractivity contribution in [1.29, 1.82) is 0 Å². The highest BCUT2D eigenvalue weighted by Crippen LogP contribution is 2.32. The van der Waals surface area contributed by atoms with Gasteiger partial charge in [0.1, 0.15) is 13.2 Å². The molecule has 0 aliphatic carbocycles. The molecule has 1 aliphatic rings. The maximum Gasteiger partial charge on any atom is 0.265 e. The molecule has 0 saturated carbocycles. The first-order valence-corrected chi connectivity index (χ1v) is 7.79. The van der Waals surface area contributed by atoms with E-state index in [0.29, 0.717) is 36.8 Å². The molecule has 1 unspecified atom stereocenters. The Morgan fingerprint density at radius 1 is 1.21 bits per heavy atom. The van der Waals surface area contributed by atoms with Crippen LogP contribution >= 0.6 is 0 Å². The molecule has 0 aromatic heterocycles. The molecule has 3 rings (SSSR count). The van der Waals surface area contributed by atoms with Gasteiger partial charge in [-0.3, -0.25) is 4.79 Å². The largest absolute Gasteiger partial charge is 0.486 e. The van der Waals surface area contributed by atoms with Crippen LogP contribution in [-0.4, -0.2) is 25.2 Å².